The molecule has 0 aliphatic heterocycles. The van der Waals surface area contributed by atoms with E-state index >= 15 is 0 Å². The minimum absolute atomic E-state index is 0.0415. The quantitative estimate of drug-likeness (QED) is 0.323. The minimum Gasteiger partial charge on any atom is -0.456 e. The Hall–Kier alpha value is -3.20. The summed E-state index contributed by atoms with van der Waals surface area (Å²) in [6.07, 6.45) is 4.78. The molecular formula is C24H15BO2. The van der Waals surface area contributed by atoms with Crippen LogP contribution in [0.15, 0.2) is 75.6 Å². The zero-order valence-corrected chi connectivity index (χ0v) is 14.6. The highest BCUT2D eigenvalue weighted by molar-refractivity contribution is 6.15. The van der Waals surface area contributed by atoms with Crippen LogP contribution < -0.4 is 0 Å². The Morgan fingerprint density at radius 3 is 2.44 bits per heavy atom. The molecule has 0 spiro atoms. The highest BCUT2D eigenvalue weighted by atomic mass is 16.3. The lowest BCUT2D eigenvalue weighted by atomic mass is 9.78. The van der Waals surface area contributed by atoms with Crippen molar-refractivity contribution < 1.29 is 8.83 Å². The molecule has 0 bridgehead atoms. The number of hydrogen-bond donors (Lipinski definition) is 0. The molecule has 27 heavy (non-hydrogen) atoms. The van der Waals surface area contributed by atoms with Gasteiger partial charge < -0.3 is 8.83 Å². The van der Waals surface area contributed by atoms with Crippen LogP contribution in [-0.2, 0) is 6.42 Å². The molecule has 3 heteroatoms. The Morgan fingerprint density at radius 1 is 0.741 bits per heavy atom. The van der Waals surface area contributed by atoms with Gasteiger partial charge in [0.05, 0.1) is 7.85 Å². The van der Waals surface area contributed by atoms with Crippen molar-refractivity contribution in [3.63, 3.8) is 0 Å². The lowest BCUT2D eigenvalue weighted by Crippen LogP contribution is -1.99. The molecule has 0 N–H and O–H groups in total. The molecule has 0 saturated heterocycles. The van der Waals surface area contributed by atoms with Gasteiger partial charge in [-0.3, -0.25) is 0 Å². The van der Waals surface area contributed by atoms with E-state index in [-0.39, 0.29) is 5.82 Å². The molecule has 0 saturated carbocycles. The van der Waals surface area contributed by atoms with Gasteiger partial charge in [0.2, 0.25) is 0 Å². The van der Waals surface area contributed by atoms with Crippen molar-refractivity contribution in [2.45, 2.75) is 12.2 Å². The van der Waals surface area contributed by atoms with Gasteiger partial charge in [-0.1, -0.05) is 48.3 Å². The van der Waals surface area contributed by atoms with E-state index in [1.807, 2.05) is 30.4 Å². The molecule has 2 radical (unpaired) electrons. The summed E-state index contributed by atoms with van der Waals surface area (Å²) in [5.41, 5.74) is 6.17. The van der Waals surface area contributed by atoms with Crippen molar-refractivity contribution in [1.29, 1.82) is 0 Å². The van der Waals surface area contributed by atoms with E-state index in [1.165, 1.54) is 16.7 Å². The topological polar surface area (TPSA) is 26.3 Å². The van der Waals surface area contributed by atoms with E-state index < -0.39 is 0 Å². The number of benzene rings is 3. The normalized spacial score (nSPS) is 16.4. The first-order chi connectivity index (χ1) is 13.3. The Bertz CT molecular complexity index is 1360. The van der Waals surface area contributed by atoms with Crippen LogP contribution in [-0.4, -0.2) is 7.85 Å². The molecule has 3 aromatic carbocycles. The number of allylic oxidation sites excluding steroid dienone is 1. The number of fused-ring (bicyclic) bond motifs is 6. The molecule has 0 amide bonds. The lowest BCUT2D eigenvalue weighted by Gasteiger charge is -2.10. The van der Waals surface area contributed by atoms with Gasteiger partial charge in [-0.15, -0.1) is 0 Å². The average Bonchev–Trinajstić information content (AvgIpc) is 3.23. The second kappa shape index (κ2) is 5.40. The molecule has 1 atom stereocenters. The van der Waals surface area contributed by atoms with Crippen LogP contribution in [0.2, 0.25) is 5.82 Å². The number of rotatable bonds is 1. The monoisotopic (exact) mass is 346 g/mol. The van der Waals surface area contributed by atoms with Crippen LogP contribution in [0, 0.1) is 0 Å². The molecule has 1 unspecified atom stereocenters. The summed E-state index contributed by atoms with van der Waals surface area (Å²) in [5, 5.41) is 3.37. The smallest absolute Gasteiger partial charge is 0.139 e. The predicted octanol–water partition coefficient (Wildman–Crippen LogP) is 6.53. The molecule has 6 rings (SSSR count). The van der Waals surface area contributed by atoms with E-state index in [0.29, 0.717) is 0 Å². The number of furan rings is 2. The maximum absolute atomic E-state index is 6.12. The molecule has 2 nitrogen and oxygen atoms in total. The van der Waals surface area contributed by atoms with Crippen molar-refractivity contribution in [2.24, 2.45) is 0 Å². The molecule has 5 aromatic rings. The molecule has 2 aromatic heterocycles. The molecule has 2 heterocycles. The Balaban J connectivity index is 1.63. The maximum atomic E-state index is 6.12. The minimum atomic E-state index is 0.0415. The summed E-state index contributed by atoms with van der Waals surface area (Å²) in [4.78, 5) is 0. The summed E-state index contributed by atoms with van der Waals surface area (Å²) in [7, 11) is 6.12. The first-order valence-electron chi connectivity index (χ1n) is 9.17. The van der Waals surface area contributed by atoms with Gasteiger partial charge in [0.1, 0.15) is 22.5 Å². The van der Waals surface area contributed by atoms with Gasteiger partial charge in [-0.2, -0.15) is 0 Å². The van der Waals surface area contributed by atoms with Crippen LogP contribution in [0.1, 0.15) is 11.3 Å². The van der Waals surface area contributed by atoms with Gasteiger partial charge in [0, 0.05) is 27.8 Å². The zero-order chi connectivity index (χ0) is 18.0. The van der Waals surface area contributed by atoms with Gasteiger partial charge in [0.15, 0.2) is 0 Å². The highest BCUT2D eigenvalue weighted by Gasteiger charge is 2.20. The first kappa shape index (κ1) is 14.9. The second-order valence-electron chi connectivity index (χ2n) is 7.20. The van der Waals surface area contributed by atoms with Crippen LogP contribution in [0.25, 0.3) is 50.1 Å². The SMILES string of the molecule is [B]C1C=Cc2oc3cc4oc5ccc(-c6ccccc6)cc5c4cc3c2C1. The summed E-state index contributed by atoms with van der Waals surface area (Å²) >= 11 is 0. The Kier molecular flexibility index (Phi) is 2.98. The van der Waals surface area contributed by atoms with Gasteiger partial charge in [0.25, 0.3) is 0 Å². The van der Waals surface area contributed by atoms with Crippen molar-refractivity contribution >= 4 is 46.8 Å². The van der Waals surface area contributed by atoms with Gasteiger partial charge >= 0.3 is 0 Å². The van der Waals surface area contributed by atoms with Gasteiger partial charge in [-0.05, 0) is 41.8 Å². The van der Waals surface area contributed by atoms with Crippen LogP contribution >= 0.6 is 0 Å². The Labute approximate surface area is 157 Å². The zero-order valence-electron chi connectivity index (χ0n) is 14.6. The highest BCUT2D eigenvalue weighted by Crippen LogP contribution is 2.39. The summed E-state index contributed by atoms with van der Waals surface area (Å²) in [5.74, 6) is 0.952. The molecular weight excluding hydrogens is 331 g/mol. The van der Waals surface area contributed by atoms with Crippen LogP contribution in [0.4, 0.5) is 0 Å². The predicted molar refractivity (Wildman–Crippen MR) is 111 cm³/mol. The second-order valence-corrected chi connectivity index (χ2v) is 7.20. The maximum Gasteiger partial charge on any atom is 0.139 e. The fourth-order valence-corrected chi connectivity index (χ4v) is 4.11. The lowest BCUT2D eigenvalue weighted by molar-refractivity contribution is 0.594. The van der Waals surface area contributed by atoms with E-state index in [1.54, 1.807) is 0 Å². The summed E-state index contributed by atoms with van der Waals surface area (Å²) in [6.45, 7) is 0. The van der Waals surface area contributed by atoms with Crippen LogP contribution in [0.3, 0.4) is 0 Å². The molecule has 126 valence electrons. The third kappa shape index (κ3) is 2.21. The van der Waals surface area contributed by atoms with E-state index in [9.17, 15) is 0 Å². The van der Waals surface area contributed by atoms with Gasteiger partial charge in [-0.25, -0.2) is 0 Å². The first-order valence-corrected chi connectivity index (χ1v) is 9.17. The molecule has 1 aliphatic rings. The fourth-order valence-electron chi connectivity index (χ4n) is 4.11. The van der Waals surface area contributed by atoms with Crippen molar-refractivity contribution in [3.8, 4) is 11.1 Å². The summed E-state index contributed by atoms with van der Waals surface area (Å²) in [6, 6.07) is 21.0. The van der Waals surface area contributed by atoms with E-state index in [4.69, 9.17) is 16.7 Å². The summed E-state index contributed by atoms with van der Waals surface area (Å²) < 4.78 is 12.1. The standard InChI is InChI=1S/C24H15BO2/c25-16-7-9-22-18(11-16)20-12-19-17-10-15(14-4-2-1-3-5-14)6-8-21(17)26-23(19)13-24(20)27-22/h1-10,12-13,16H,11H2. The Morgan fingerprint density at radius 2 is 1.56 bits per heavy atom. The van der Waals surface area contributed by atoms with E-state index in [2.05, 4.69) is 42.5 Å². The van der Waals surface area contributed by atoms with Crippen LogP contribution in [0.5, 0.6) is 0 Å². The van der Waals surface area contributed by atoms with E-state index in [0.717, 1.165) is 45.1 Å². The molecule has 1 aliphatic carbocycles. The number of hydrogen-bond acceptors (Lipinski definition) is 2. The average molecular weight is 346 g/mol. The van der Waals surface area contributed by atoms with Crippen molar-refractivity contribution in [2.75, 3.05) is 0 Å². The largest absolute Gasteiger partial charge is 0.456 e. The van der Waals surface area contributed by atoms with Crippen molar-refractivity contribution in [3.05, 3.63) is 78.1 Å². The molecule has 0 fully saturated rings. The van der Waals surface area contributed by atoms with Crippen molar-refractivity contribution in [1.82, 2.24) is 0 Å². The fraction of sp³-hybridized carbons (Fsp3) is 0.0833. The third-order valence-electron chi connectivity index (χ3n) is 5.46. The third-order valence-corrected chi connectivity index (χ3v) is 5.46.